The molecule has 4 aliphatic rings. The molecule has 0 amide bonds. The van der Waals surface area contributed by atoms with Crippen molar-refractivity contribution in [3.63, 3.8) is 0 Å². The molecule has 4 aliphatic heterocycles. The van der Waals surface area contributed by atoms with Gasteiger partial charge in [0.2, 0.25) is 0 Å². The van der Waals surface area contributed by atoms with Crippen molar-refractivity contribution in [2.75, 3.05) is 13.7 Å². The number of ether oxygens (including phenoxy) is 5. The van der Waals surface area contributed by atoms with E-state index >= 15 is 0 Å². The van der Waals surface area contributed by atoms with Crippen LogP contribution in [0.3, 0.4) is 0 Å². The number of hydrogen-bond acceptors (Lipinski definition) is 6. The van der Waals surface area contributed by atoms with E-state index in [1.54, 1.807) is 7.11 Å². The molecule has 0 N–H and O–H groups in total. The Labute approximate surface area is 228 Å². The van der Waals surface area contributed by atoms with E-state index in [2.05, 4.69) is 45.6 Å². The summed E-state index contributed by atoms with van der Waals surface area (Å²) in [6.07, 6.45) is 19.2. The Kier molecular flexibility index (Phi) is 10.6. The Hall–Kier alpha value is -1.99. The maximum absolute atomic E-state index is 12.9. The summed E-state index contributed by atoms with van der Waals surface area (Å²) in [5.41, 5.74) is 2.58. The molecule has 0 saturated carbocycles. The first-order valence-corrected chi connectivity index (χ1v) is 14.3. The first-order chi connectivity index (χ1) is 18.3. The van der Waals surface area contributed by atoms with Gasteiger partial charge in [0.05, 0.1) is 37.1 Å². The Balaban J connectivity index is 1.47. The van der Waals surface area contributed by atoms with E-state index in [9.17, 15) is 4.79 Å². The number of carbonyl (C=O) groups excluding carboxylic acids is 1. The van der Waals surface area contributed by atoms with Crippen LogP contribution in [-0.4, -0.2) is 62.4 Å². The molecule has 6 heteroatoms. The molecule has 0 aromatic rings. The molecule has 210 valence electrons. The topological polar surface area (TPSA) is 66.5 Å². The highest BCUT2D eigenvalue weighted by Crippen LogP contribution is 2.38. The van der Waals surface area contributed by atoms with Crippen LogP contribution in [0, 0.1) is 11.8 Å². The fourth-order valence-electron chi connectivity index (χ4n) is 5.99. The lowest BCUT2D eigenvalue weighted by Gasteiger charge is -2.28. The number of rotatable bonds is 4. The predicted molar refractivity (Wildman–Crippen MR) is 149 cm³/mol. The first-order valence-electron chi connectivity index (χ1n) is 14.3. The van der Waals surface area contributed by atoms with E-state index in [0.29, 0.717) is 31.3 Å². The van der Waals surface area contributed by atoms with Gasteiger partial charge < -0.3 is 23.7 Å². The number of methoxy groups -OCH3 is 1. The molecule has 0 aliphatic carbocycles. The Morgan fingerprint density at radius 3 is 2.74 bits per heavy atom. The van der Waals surface area contributed by atoms with Gasteiger partial charge >= 0.3 is 5.97 Å². The van der Waals surface area contributed by atoms with E-state index in [1.165, 1.54) is 17.2 Å². The minimum absolute atomic E-state index is 0.00168. The van der Waals surface area contributed by atoms with Gasteiger partial charge in [-0.2, -0.15) is 0 Å². The van der Waals surface area contributed by atoms with Gasteiger partial charge in [-0.05, 0) is 57.3 Å². The lowest BCUT2D eigenvalue weighted by Crippen LogP contribution is -2.33. The summed E-state index contributed by atoms with van der Waals surface area (Å²) in [6.45, 7) is 11.6. The van der Waals surface area contributed by atoms with E-state index < -0.39 is 12.2 Å². The Bertz CT molecular complexity index is 932. The first kappa shape index (κ1) is 29.0. The van der Waals surface area contributed by atoms with Crippen LogP contribution in [0.5, 0.6) is 0 Å². The third-order valence-electron chi connectivity index (χ3n) is 7.99. The lowest BCUT2D eigenvalue weighted by atomic mass is 9.88. The molecule has 1 fully saturated rings. The second-order valence-corrected chi connectivity index (χ2v) is 11.6. The van der Waals surface area contributed by atoms with Gasteiger partial charge in [-0.3, -0.25) is 0 Å². The van der Waals surface area contributed by atoms with Crippen molar-refractivity contribution in [3.8, 4) is 0 Å². The highest BCUT2D eigenvalue weighted by atomic mass is 16.6. The predicted octanol–water partition coefficient (Wildman–Crippen LogP) is 6.03. The monoisotopic (exact) mass is 526 g/mol. The van der Waals surface area contributed by atoms with Crippen LogP contribution in [0.4, 0.5) is 0 Å². The summed E-state index contributed by atoms with van der Waals surface area (Å²) in [5.74, 6) is 0.496. The molecule has 0 spiro atoms. The molecule has 38 heavy (non-hydrogen) atoms. The fourth-order valence-corrected chi connectivity index (χ4v) is 5.99. The van der Waals surface area contributed by atoms with Crippen molar-refractivity contribution in [2.45, 2.75) is 108 Å². The standard InChI is InChI=1S/C32H46O6/c1-21-14-15-35-26(18-21)12-13-28(34-5)29-20-30-32(38-30)24(4)17-22(2)16-23(3)19-27-10-6-8-25(36-27)9-7-11-31(33)37-29/h6-8,11-14,23-30,32H,2,9-10,15-20H2,1,3-5H3/b11-7-,13-12+/t23-,24-,25-,26+,27-,28-,29-,30+,32-/m0/s1. The highest BCUT2D eigenvalue weighted by molar-refractivity contribution is 5.82. The van der Waals surface area contributed by atoms with Crippen LogP contribution in [0.15, 0.2) is 60.3 Å². The lowest BCUT2D eigenvalue weighted by molar-refractivity contribution is -0.149. The van der Waals surface area contributed by atoms with Gasteiger partial charge in [-0.15, -0.1) is 0 Å². The minimum atomic E-state index is -0.465. The van der Waals surface area contributed by atoms with Gasteiger partial charge in [0.25, 0.3) is 0 Å². The van der Waals surface area contributed by atoms with Crippen molar-refractivity contribution in [1.82, 2.24) is 0 Å². The van der Waals surface area contributed by atoms with Crippen LogP contribution in [0.2, 0.25) is 0 Å². The molecule has 2 bridgehead atoms. The molecule has 1 saturated heterocycles. The second kappa shape index (κ2) is 13.9. The Morgan fingerprint density at radius 1 is 1.11 bits per heavy atom. The summed E-state index contributed by atoms with van der Waals surface area (Å²) < 4.78 is 30.0. The third kappa shape index (κ3) is 8.77. The summed E-state index contributed by atoms with van der Waals surface area (Å²) in [7, 11) is 1.65. The van der Waals surface area contributed by atoms with Crippen molar-refractivity contribution in [3.05, 3.63) is 60.3 Å². The molecule has 4 rings (SSSR count). The molecule has 0 unspecified atom stereocenters. The van der Waals surface area contributed by atoms with E-state index in [0.717, 1.165) is 32.1 Å². The zero-order valence-corrected chi connectivity index (χ0v) is 23.6. The summed E-state index contributed by atoms with van der Waals surface area (Å²) in [6, 6.07) is 0. The van der Waals surface area contributed by atoms with Crippen LogP contribution in [-0.2, 0) is 28.5 Å². The molecule has 0 aromatic carbocycles. The second-order valence-electron chi connectivity index (χ2n) is 11.6. The molecular weight excluding hydrogens is 480 g/mol. The van der Waals surface area contributed by atoms with E-state index in [4.69, 9.17) is 23.7 Å². The number of hydrogen-bond donors (Lipinski definition) is 0. The number of epoxide rings is 1. The van der Waals surface area contributed by atoms with Crippen molar-refractivity contribution in [2.24, 2.45) is 11.8 Å². The van der Waals surface area contributed by atoms with Gasteiger partial charge in [0.15, 0.2) is 0 Å². The van der Waals surface area contributed by atoms with E-state index in [-0.39, 0.29) is 36.5 Å². The maximum Gasteiger partial charge on any atom is 0.330 e. The van der Waals surface area contributed by atoms with Crippen molar-refractivity contribution < 1.29 is 28.5 Å². The van der Waals surface area contributed by atoms with Gasteiger partial charge in [-0.1, -0.05) is 68.0 Å². The van der Waals surface area contributed by atoms with Crippen LogP contribution in [0.25, 0.3) is 0 Å². The number of cyclic esters (lactones) is 1. The smallest absolute Gasteiger partial charge is 0.330 e. The van der Waals surface area contributed by atoms with Crippen LogP contribution in [0.1, 0.15) is 65.7 Å². The molecule has 9 atom stereocenters. The zero-order valence-electron chi connectivity index (χ0n) is 23.6. The van der Waals surface area contributed by atoms with Crippen LogP contribution >= 0.6 is 0 Å². The fraction of sp³-hybridized carbons (Fsp3) is 0.656. The van der Waals surface area contributed by atoms with E-state index in [1.807, 2.05) is 18.2 Å². The summed E-state index contributed by atoms with van der Waals surface area (Å²) in [4.78, 5) is 12.9. The SMILES string of the molecule is C=C1C[C@H](C)C[C@@H]2CC=C[C@@H](C/C=C\C(=O)O[C@H]([C@H](/C=C/[C@@H]3CC(C)=CCO3)OC)C[C@H]3O[C@H]3[C@@H](C)C1)O2. The minimum Gasteiger partial charge on any atom is -0.456 e. The molecule has 0 aromatic heterocycles. The average molecular weight is 527 g/mol. The largest absolute Gasteiger partial charge is 0.456 e. The summed E-state index contributed by atoms with van der Waals surface area (Å²) in [5, 5.41) is 0. The van der Waals surface area contributed by atoms with Crippen LogP contribution < -0.4 is 0 Å². The molecule has 4 heterocycles. The van der Waals surface area contributed by atoms with Crippen molar-refractivity contribution >= 4 is 5.97 Å². The van der Waals surface area contributed by atoms with Gasteiger partial charge in [0, 0.05) is 19.6 Å². The van der Waals surface area contributed by atoms with Gasteiger partial charge in [0.1, 0.15) is 12.2 Å². The average Bonchev–Trinajstić information content (AvgIpc) is 3.63. The number of carbonyl (C=O) groups is 1. The maximum atomic E-state index is 12.9. The zero-order chi connectivity index (χ0) is 27.1. The highest BCUT2D eigenvalue weighted by Gasteiger charge is 2.45. The number of fused-ring (bicyclic) bond motifs is 3. The molecule has 0 radical (unpaired) electrons. The summed E-state index contributed by atoms with van der Waals surface area (Å²) >= 11 is 0. The molecular formula is C32H46O6. The third-order valence-corrected chi connectivity index (χ3v) is 7.99. The number of esters is 1. The number of allylic oxidation sites excluding steroid dienone is 1. The van der Waals surface area contributed by atoms with Crippen molar-refractivity contribution in [1.29, 1.82) is 0 Å². The molecule has 6 nitrogen and oxygen atoms in total. The van der Waals surface area contributed by atoms with Gasteiger partial charge in [-0.25, -0.2) is 4.79 Å². The normalized spacial score (nSPS) is 38.9. The quantitative estimate of drug-likeness (QED) is 0.253. The Morgan fingerprint density at radius 2 is 1.95 bits per heavy atom.